The molecule has 0 aliphatic carbocycles. The van der Waals surface area contributed by atoms with Crippen molar-refractivity contribution in [2.45, 2.75) is 25.3 Å². The molecule has 0 radical (unpaired) electrons. The van der Waals surface area contributed by atoms with Crippen molar-refractivity contribution in [1.29, 1.82) is 0 Å². The van der Waals surface area contributed by atoms with Crippen LogP contribution in [0.5, 0.6) is 0 Å². The number of hydrogen-bond donors (Lipinski definition) is 1. The highest BCUT2D eigenvalue weighted by Gasteiger charge is 2.17. The summed E-state index contributed by atoms with van der Waals surface area (Å²) in [5.74, 6) is 0.510. The lowest BCUT2D eigenvalue weighted by Crippen LogP contribution is -2.38. The van der Waals surface area contributed by atoms with Gasteiger partial charge < -0.3 is 10.6 Å². The summed E-state index contributed by atoms with van der Waals surface area (Å²) in [5, 5.41) is 0. The number of para-hydroxylation sites is 1. The minimum Gasteiger partial charge on any atom is -0.370 e. The topological polar surface area (TPSA) is 29.3 Å². The first-order valence-electron chi connectivity index (χ1n) is 7.25. The van der Waals surface area contributed by atoms with E-state index in [1.807, 2.05) is 6.07 Å². The summed E-state index contributed by atoms with van der Waals surface area (Å²) >= 11 is 0. The van der Waals surface area contributed by atoms with Gasteiger partial charge in [0, 0.05) is 25.3 Å². The predicted molar refractivity (Wildman–Crippen MR) is 87.2 cm³/mol. The number of nitrogens with zero attached hydrogens (tertiary/aromatic N) is 1. The average Bonchev–Trinajstić information content (AvgIpc) is 2.53. The molecule has 2 nitrogen and oxygen atoms in total. The molecule has 0 fully saturated rings. The fourth-order valence-electron chi connectivity index (χ4n) is 2.61. The van der Waals surface area contributed by atoms with Gasteiger partial charge in [0.1, 0.15) is 0 Å². The van der Waals surface area contributed by atoms with Crippen LogP contribution in [0.2, 0.25) is 0 Å². The molecule has 0 saturated carbocycles. The maximum absolute atomic E-state index is 6.00. The fraction of sp³-hybridized carbons (Fsp3) is 0.333. The lowest BCUT2D eigenvalue weighted by atomic mass is 9.93. The van der Waals surface area contributed by atoms with Gasteiger partial charge in [-0.3, -0.25) is 0 Å². The second kappa shape index (κ2) is 7.11. The van der Waals surface area contributed by atoms with Crippen LogP contribution in [0.1, 0.15) is 24.8 Å². The Bertz CT molecular complexity index is 495. The number of anilines is 1. The van der Waals surface area contributed by atoms with Gasteiger partial charge in [-0.15, -0.1) is 0 Å². The van der Waals surface area contributed by atoms with Crippen LogP contribution in [0, 0.1) is 0 Å². The van der Waals surface area contributed by atoms with E-state index in [0.717, 1.165) is 6.42 Å². The summed E-state index contributed by atoms with van der Waals surface area (Å²) in [7, 11) is 2.13. The molecule has 106 valence electrons. The molecule has 0 aromatic heterocycles. The van der Waals surface area contributed by atoms with Crippen molar-refractivity contribution in [3.63, 3.8) is 0 Å². The second-order valence-electron chi connectivity index (χ2n) is 5.38. The molecule has 0 amide bonds. The molecular weight excluding hydrogens is 244 g/mol. The summed E-state index contributed by atoms with van der Waals surface area (Å²) in [6.45, 7) is 2.94. The van der Waals surface area contributed by atoms with E-state index in [1.165, 1.54) is 11.3 Å². The second-order valence-corrected chi connectivity index (χ2v) is 5.38. The smallest absolute Gasteiger partial charge is 0.0414 e. The van der Waals surface area contributed by atoms with Crippen LogP contribution < -0.4 is 10.6 Å². The zero-order valence-electron chi connectivity index (χ0n) is 12.4. The zero-order valence-corrected chi connectivity index (χ0v) is 12.4. The highest BCUT2D eigenvalue weighted by Crippen LogP contribution is 2.24. The molecule has 0 heterocycles. The van der Waals surface area contributed by atoms with E-state index in [-0.39, 0.29) is 0 Å². The minimum absolute atomic E-state index is 0.354. The molecule has 2 atom stereocenters. The Labute approximate surface area is 122 Å². The lowest BCUT2D eigenvalue weighted by molar-refractivity contribution is 0.535. The Morgan fingerprint density at radius 2 is 1.50 bits per heavy atom. The molecule has 2 rings (SSSR count). The van der Waals surface area contributed by atoms with Crippen LogP contribution in [0.4, 0.5) is 5.69 Å². The van der Waals surface area contributed by atoms with Crippen molar-refractivity contribution in [3.8, 4) is 0 Å². The third-order valence-electron chi connectivity index (χ3n) is 3.98. The van der Waals surface area contributed by atoms with Gasteiger partial charge in [0.05, 0.1) is 0 Å². The van der Waals surface area contributed by atoms with Gasteiger partial charge in [0.15, 0.2) is 0 Å². The summed E-state index contributed by atoms with van der Waals surface area (Å²) in [6.07, 6.45) is 1.06. The van der Waals surface area contributed by atoms with Crippen LogP contribution in [0.15, 0.2) is 60.7 Å². The first-order chi connectivity index (χ1) is 9.72. The number of rotatable bonds is 6. The summed E-state index contributed by atoms with van der Waals surface area (Å²) in [5.41, 5.74) is 8.60. The molecular formula is C18H24N2. The van der Waals surface area contributed by atoms with Crippen molar-refractivity contribution in [1.82, 2.24) is 0 Å². The SMILES string of the molecule is CC(CC(CN)N(C)c1ccccc1)c1ccccc1. The lowest BCUT2D eigenvalue weighted by Gasteiger charge is -2.31. The molecule has 0 saturated heterocycles. The molecule has 0 aliphatic heterocycles. The van der Waals surface area contributed by atoms with Gasteiger partial charge in [-0.1, -0.05) is 55.5 Å². The van der Waals surface area contributed by atoms with Gasteiger partial charge >= 0.3 is 0 Å². The minimum atomic E-state index is 0.354. The molecule has 0 bridgehead atoms. The Kier molecular flexibility index (Phi) is 5.19. The standard InChI is InChI=1S/C18H24N2/c1-15(16-9-5-3-6-10-16)13-18(14-19)20(2)17-11-7-4-8-12-17/h3-12,15,18H,13-14,19H2,1-2H3. The summed E-state index contributed by atoms with van der Waals surface area (Å²) < 4.78 is 0. The third kappa shape index (κ3) is 3.61. The van der Waals surface area contributed by atoms with E-state index in [1.54, 1.807) is 0 Å². The fourth-order valence-corrected chi connectivity index (χ4v) is 2.61. The molecule has 2 N–H and O–H groups in total. The molecule has 0 spiro atoms. The maximum Gasteiger partial charge on any atom is 0.0414 e. The maximum atomic E-state index is 6.00. The highest BCUT2D eigenvalue weighted by atomic mass is 15.1. The van der Waals surface area contributed by atoms with E-state index < -0.39 is 0 Å². The number of nitrogens with two attached hydrogens (primary N) is 1. The molecule has 2 unspecified atom stereocenters. The largest absolute Gasteiger partial charge is 0.370 e. The van der Waals surface area contributed by atoms with E-state index in [9.17, 15) is 0 Å². The molecule has 2 aromatic rings. The summed E-state index contributed by atoms with van der Waals surface area (Å²) in [6, 6.07) is 21.5. The first-order valence-corrected chi connectivity index (χ1v) is 7.25. The Morgan fingerprint density at radius 3 is 2.05 bits per heavy atom. The summed E-state index contributed by atoms with van der Waals surface area (Å²) in [4.78, 5) is 2.29. The van der Waals surface area contributed by atoms with Crippen LogP contribution >= 0.6 is 0 Å². The van der Waals surface area contributed by atoms with Crippen LogP contribution in [-0.2, 0) is 0 Å². The molecule has 0 aliphatic rings. The highest BCUT2D eigenvalue weighted by molar-refractivity contribution is 5.46. The number of hydrogen-bond acceptors (Lipinski definition) is 2. The van der Waals surface area contributed by atoms with Gasteiger partial charge in [0.2, 0.25) is 0 Å². The van der Waals surface area contributed by atoms with Crippen molar-refractivity contribution in [2.24, 2.45) is 5.73 Å². The van der Waals surface area contributed by atoms with Gasteiger partial charge in [0.25, 0.3) is 0 Å². The van der Waals surface area contributed by atoms with Gasteiger partial charge in [-0.2, -0.15) is 0 Å². The number of benzene rings is 2. The Morgan fingerprint density at radius 1 is 0.950 bits per heavy atom. The van der Waals surface area contributed by atoms with Gasteiger partial charge in [-0.25, -0.2) is 0 Å². The Balaban J connectivity index is 2.05. The first kappa shape index (κ1) is 14.6. The zero-order chi connectivity index (χ0) is 14.4. The predicted octanol–water partition coefficient (Wildman–Crippen LogP) is 3.64. The average molecular weight is 268 g/mol. The molecule has 2 heteroatoms. The Hall–Kier alpha value is -1.80. The van der Waals surface area contributed by atoms with Crippen molar-refractivity contribution < 1.29 is 0 Å². The van der Waals surface area contributed by atoms with E-state index in [0.29, 0.717) is 18.5 Å². The van der Waals surface area contributed by atoms with Crippen molar-refractivity contribution >= 4 is 5.69 Å². The van der Waals surface area contributed by atoms with Crippen molar-refractivity contribution in [3.05, 3.63) is 66.2 Å². The van der Waals surface area contributed by atoms with Crippen LogP contribution in [0.3, 0.4) is 0 Å². The number of likely N-dealkylation sites (N-methyl/N-ethyl adjacent to an activating group) is 1. The third-order valence-corrected chi connectivity index (χ3v) is 3.98. The molecule has 20 heavy (non-hydrogen) atoms. The van der Waals surface area contributed by atoms with E-state index in [2.05, 4.69) is 73.5 Å². The van der Waals surface area contributed by atoms with Crippen LogP contribution in [0.25, 0.3) is 0 Å². The quantitative estimate of drug-likeness (QED) is 0.866. The van der Waals surface area contributed by atoms with Crippen molar-refractivity contribution in [2.75, 3.05) is 18.5 Å². The molecule has 2 aromatic carbocycles. The van der Waals surface area contributed by atoms with E-state index >= 15 is 0 Å². The normalized spacial score (nSPS) is 13.8. The van der Waals surface area contributed by atoms with Crippen LogP contribution in [-0.4, -0.2) is 19.6 Å². The van der Waals surface area contributed by atoms with E-state index in [4.69, 9.17) is 5.73 Å². The monoisotopic (exact) mass is 268 g/mol. The van der Waals surface area contributed by atoms with Gasteiger partial charge in [-0.05, 0) is 30.0 Å².